The molecule has 4 heteroatoms. The second-order valence-electron chi connectivity index (χ2n) is 5.29. The third-order valence-corrected chi connectivity index (χ3v) is 3.98. The normalized spacial score (nSPS) is 13.1. The summed E-state index contributed by atoms with van der Waals surface area (Å²) in [4.78, 5) is 25.2. The first-order valence-corrected chi connectivity index (χ1v) is 6.74. The first kappa shape index (κ1) is 12.6. The van der Waals surface area contributed by atoms with Crippen molar-refractivity contribution in [1.82, 2.24) is 0 Å². The van der Waals surface area contributed by atoms with Crippen LogP contribution in [0.5, 0.6) is 11.5 Å². The van der Waals surface area contributed by atoms with E-state index in [9.17, 15) is 19.8 Å². The lowest BCUT2D eigenvalue weighted by atomic mass is 9.82. The van der Waals surface area contributed by atoms with Crippen molar-refractivity contribution in [2.75, 3.05) is 0 Å². The molecule has 0 heterocycles. The van der Waals surface area contributed by atoms with Crippen molar-refractivity contribution >= 4 is 22.3 Å². The second-order valence-corrected chi connectivity index (χ2v) is 5.29. The number of phenols is 2. The van der Waals surface area contributed by atoms with Crippen LogP contribution in [0.2, 0.25) is 0 Å². The van der Waals surface area contributed by atoms with E-state index in [2.05, 4.69) is 0 Å². The molecule has 0 saturated heterocycles. The zero-order valence-corrected chi connectivity index (χ0v) is 11.3. The van der Waals surface area contributed by atoms with Gasteiger partial charge in [0.25, 0.3) is 0 Å². The number of carbonyl (C=O) groups excluding carboxylic acids is 2. The number of benzene rings is 3. The standard InChI is InChI=1S/C18H10O4/c19-15-7-13-14(8-16(15)20)18(22)12-6-10-4-2-1-3-9(10)5-11(12)17(13)21/h1-8,19-20H. The largest absolute Gasteiger partial charge is 0.504 e. The van der Waals surface area contributed by atoms with Gasteiger partial charge in [-0.2, -0.15) is 0 Å². The maximum Gasteiger partial charge on any atom is 0.194 e. The van der Waals surface area contributed by atoms with Gasteiger partial charge < -0.3 is 10.2 Å². The summed E-state index contributed by atoms with van der Waals surface area (Å²) in [5, 5.41) is 20.9. The van der Waals surface area contributed by atoms with Gasteiger partial charge in [-0.25, -0.2) is 0 Å². The van der Waals surface area contributed by atoms with Crippen LogP contribution in [0.3, 0.4) is 0 Å². The molecule has 2 N–H and O–H groups in total. The number of ketones is 2. The van der Waals surface area contributed by atoms with Gasteiger partial charge in [0, 0.05) is 22.3 Å². The minimum Gasteiger partial charge on any atom is -0.504 e. The van der Waals surface area contributed by atoms with Crippen molar-refractivity contribution < 1.29 is 19.8 Å². The minimum atomic E-state index is -0.413. The third kappa shape index (κ3) is 1.58. The zero-order chi connectivity index (χ0) is 15.4. The predicted molar refractivity (Wildman–Crippen MR) is 80.6 cm³/mol. The minimum absolute atomic E-state index is 0.114. The van der Waals surface area contributed by atoms with E-state index in [1.807, 2.05) is 24.3 Å². The zero-order valence-electron chi connectivity index (χ0n) is 11.3. The number of fused-ring (bicyclic) bond motifs is 3. The lowest BCUT2D eigenvalue weighted by Crippen LogP contribution is -2.20. The number of carbonyl (C=O) groups is 2. The Kier molecular flexibility index (Phi) is 2.39. The Hall–Kier alpha value is -3.14. The van der Waals surface area contributed by atoms with Gasteiger partial charge in [-0.1, -0.05) is 24.3 Å². The third-order valence-electron chi connectivity index (χ3n) is 3.98. The molecule has 0 fully saturated rings. The van der Waals surface area contributed by atoms with Crippen LogP contribution in [0.4, 0.5) is 0 Å². The molecule has 0 atom stereocenters. The summed E-state index contributed by atoms with van der Waals surface area (Å²) < 4.78 is 0. The molecule has 0 saturated carbocycles. The van der Waals surface area contributed by atoms with Gasteiger partial charge in [0.1, 0.15) is 0 Å². The van der Waals surface area contributed by atoms with Crippen LogP contribution in [0.25, 0.3) is 10.8 Å². The molecule has 0 aliphatic heterocycles. The molecule has 0 amide bonds. The van der Waals surface area contributed by atoms with Crippen molar-refractivity contribution in [2.45, 2.75) is 0 Å². The van der Waals surface area contributed by atoms with E-state index < -0.39 is 11.5 Å². The van der Waals surface area contributed by atoms with Crippen molar-refractivity contribution in [3.8, 4) is 11.5 Å². The Bertz CT molecular complexity index is 906. The highest BCUT2D eigenvalue weighted by Gasteiger charge is 2.31. The van der Waals surface area contributed by atoms with Crippen LogP contribution < -0.4 is 0 Å². The van der Waals surface area contributed by atoms with Gasteiger partial charge in [0.15, 0.2) is 23.1 Å². The average molecular weight is 290 g/mol. The lowest BCUT2D eigenvalue weighted by molar-refractivity contribution is 0.0979. The Labute approximate surface area is 125 Å². The summed E-state index contributed by atoms with van der Waals surface area (Å²) in [6.07, 6.45) is 0. The van der Waals surface area contributed by atoms with E-state index in [0.29, 0.717) is 11.1 Å². The maximum atomic E-state index is 12.6. The Morgan fingerprint density at radius 2 is 0.955 bits per heavy atom. The average Bonchev–Trinajstić information content (AvgIpc) is 2.53. The van der Waals surface area contributed by atoms with Crippen molar-refractivity contribution in [3.63, 3.8) is 0 Å². The molecule has 3 aromatic carbocycles. The predicted octanol–water partition coefficient (Wildman–Crippen LogP) is 3.03. The number of hydrogen-bond acceptors (Lipinski definition) is 4. The molecule has 1 aliphatic carbocycles. The number of hydrogen-bond donors (Lipinski definition) is 2. The molecular weight excluding hydrogens is 280 g/mol. The molecule has 0 spiro atoms. The van der Waals surface area contributed by atoms with Crippen molar-refractivity contribution in [3.05, 3.63) is 70.8 Å². The van der Waals surface area contributed by atoms with Crippen molar-refractivity contribution in [2.24, 2.45) is 0 Å². The molecule has 0 radical (unpaired) electrons. The van der Waals surface area contributed by atoms with Gasteiger partial charge >= 0.3 is 0 Å². The summed E-state index contributed by atoms with van der Waals surface area (Å²) in [6, 6.07) is 13.1. The van der Waals surface area contributed by atoms with Gasteiger partial charge in [-0.05, 0) is 35.0 Å². The molecule has 0 aromatic heterocycles. The van der Waals surface area contributed by atoms with Gasteiger partial charge in [-0.3, -0.25) is 9.59 Å². The summed E-state index contributed by atoms with van der Waals surface area (Å²) in [6.45, 7) is 0. The Morgan fingerprint density at radius 1 is 0.591 bits per heavy atom. The van der Waals surface area contributed by atoms with E-state index in [-0.39, 0.29) is 22.7 Å². The molecule has 3 aromatic rings. The van der Waals surface area contributed by atoms with Crippen LogP contribution in [-0.2, 0) is 0 Å². The fourth-order valence-electron chi connectivity index (χ4n) is 2.86. The van der Waals surface area contributed by atoms with E-state index in [1.54, 1.807) is 12.1 Å². The molecule has 106 valence electrons. The Morgan fingerprint density at radius 3 is 1.36 bits per heavy atom. The smallest absolute Gasteiger partial charge is 0.194 e. The number of phenolic OH excluding ortho intramolecular Hbond substituents is 2. The van der Waals surface area contributed by atoms with Crippen LogP contribution >= 0.6 is 0 Å². The first-order valence-electron chi connectivity index (χ1n) is 6.74. The van der Waals surface area contributed by atoms with E-state index >= 15 is 0 Å². The summed E-state index contributed by atoms with van der Waals surface area (Å²) >= 11 is 0. The fraction of sp³-hybridized carbons (Fsp3) is 0. The molecule has 22 heavy (non-hydrogen) atoms. The van der Waals surface area contributed by atoms with Gasteiger partial charge in [-0.15, -0.1) is 0 Å². The highest BCUT2D eigenvalue weighted by atomic mass is 16.3. The Balaban J connectivity index is 2.05. The lowest BCUT2D eigenvalue weighted by Gasteiger charge is -2.18. The fourth-order valence-corrected chi connectivity index (χ4v) is 2.86. The second kappa shape index (κ2) is 4.18. The maximum absolute atomic E-state index is 12.6. The molecule has 4 nitrogen and oxygen atoms in total. The molecule has 0 bridgehead atoms. The van der Waals surface area contributed by atoms with Gasteiger partial charge in [0.2, 0.25) is 0 Å². The van der Waals surface area contributed by atoms with Crippen LogP contribution in [0, 0.1) is 0 Å². The quantitative estimate of drug-likeness (QED) is 0.488. The van der Waals surface area contributed by atoms with Crippen LogP contribution in [0.1, 0.15) is 31.8 Å². The number of aromatic hydroxyl groups is 2. The van der Waals surface area contributed by atoms with Crippen LogP contribution in [-0.4, -0.2) is 21.8 Å². The molecule has 4 rings (SSSR count). The highest BCUT2D eigenvalue weighted by molar-refractivity contribution is 6.29. The summed E-state index contributed by atoms with van der Waals surface area (Å²) in [5.74, 6) is -1.48. The van der Waals surface area contributed by atoms with E-state index in [1.165, 1.54) is 0 Å². The van der Waals surface area contributed by atoms with Gasteiger partial charge in [0.05, 0.1) is 0 Å². The van der Waals surface area contributed by atoms with Crippen LogP contribution in [0.15, 0.2) is 48.5 Å². The topological polar surface area (TPSA) is 74.6 Å². The first-order chi connectivity index (χ1) is 10.6. The van der Waals surface area contributed by atoms with E-state index in [4.69, 9.17) is 0 Å². The van der Waals surface area contributed by atoms with Crippen molar-refractivity contribution in [1.29, 1.82) is 0 Å². The number of rotatable bonds is 0. The highest BCUT2D eigenvalue weighted by Crippen LogP contribution is 2.36. The molecule has 0 unspecified atom stereocenters. The monoisotopic (exact) mass is 290 g/mol. The molecular formula is C18H10O4. The van der Waals surface area contributed by atoms with E-state index in [0.717, 1.165) is 22.9 Å². The summed E-state index contributed by atoms with van der Waals surface area (Å²) in [5.41, 5.74) is 0.869. The summed E-state index contributed by atoms with van der Waals surface area (Å²) in [7, 11) is 0. The SMILES string of the molecule is O=C1c2cc(O)c(O)cc2C(=O)c2cc3ccccc3cc21. The molecule has 1 aliphatic rings.